The second kappa shape index (κ2) is 5.42. The van der Waals surface area contributed by atoms with E-state index in [-0.39, 0.29) is 11.3 Å². The Bertz CT molecular complexity index is 585. The topological polar surface area (TPSA) is 74.7 Å². The maximum Gasteiger partial charge on any atom is 0.258 e. The number of para-hydroxylation sites is 1. The maximum absolute atomic E-state index is 12.4. The molecule has 2 rings (SSSR count). The number of hydrogen-bond donors (Lipinski definition) is 1. The number of hydrogen-bond acceptors (Lipinski definition) is 5. The van der Waals surface area contributed by atoms with Gasteiger partial charge < -0.3 is 10.0 Å². The predicted molar refractivity (Wildman–Crippen MR) is 75.1 cm³/mol. The first-order valence-electron chi connectivity index (χ1n) is 5.77. The molecule has 1 fully saturated rings. The van der Waals surface area contributed by atoms with Crippen LogP contribution in [0.4, 0.5) is 0 Å². The molecule has 1 aliphatic rings. The highest BCUT2D eigenvalue weighted by molar-refractivity contribution is 8.00. The number of thioether (sulfide) groups is 1. The van der Waals surface area contributed by atoms with Crippen molar-refractivity contribution in [3.05, 3.63) is 29.8 Å². The molecule has 104 valence electrons. The molecule has 0 bridgehead atoms. The molecule has 7 heteroatoms. The van der Waals surface area contributed by atoms with Gasteiger partial charge in [-0.15, -0.1) is 0 Å². The first-order valence-corrected chi connectivity index (χ1v) is 8.88. The number of sulfone groups is 1. The number of aromatic hydroxyl groups is 1. The summed E-state index contributed by atoms with van der Waals surface area (Å²) in [7, 11) is -3.34. The summed E-state index contributed by atoms with van der Waals surface area (Å²) in [6.45, 7) is 0.371. The van der Waals surface area contributed by atoms with Crippen LogP contribution in [0.5, 0.6) is 5.75 Å². The van der Waals surface area contributed by atoms with Crippen LogP contribution in [0, 0.1) is 0 Å². The summed E-state index contributed by atoms with van der Waals surface area (Å²) in [6.07, 6.45) is 1.13. The molecule has 1 atom stereocenters. The van der Waals surface area contributed by atoms with Crippen molar-refractivity contribution in [1.29, 1.82) is 0 Å². The third-order valence-corrected chi connectivity index (χ3v) is 5.62. The first kappa shape index (κ1) is 14.2. The van der Waals surface area contributed by atoms with Crippen LogP contribution >= 0.6 is 11.8 Å². The molecule has 1 aromatic carbocycles. The fourth-order valence-corrected chi connectivity index (χ4v) is 4.79. The summed E-state index contributed by atoms with van der Waals surface area (Å²) < 4.78 is 23.5. The molecule has 0 spiro atoms. The molecule has 0 aliphatic carbocycles. The minimum absolute atomic E-state index is 0.127. The van der Waals surface area contributed by atoms with Gasteiger partial charge in [0.05, 0.1) is 5.56 Å². The number of carbonyl (C=O) groups is 1. The summed E-state index contributed by atoms with van der Waals surface area (Å²) in [6, 6.07) is 6.17. The Morgan fingerprint density at radius 2 is 2.11 bits per heavy atom. The highest BCUT2D eigenvalue weighted by atomic mass is 32.2. The Labute approximate surface area is 116 Å². The van der Waals surface area contributed by atoms with Gasteiger partial charge in [0, 0.05) is 24.3 Å². The number of carbonyl (C=O) groups excluding carboxylic acids is 1. The molecule has 5 nitrogen and oxygen atoms in total. The van der Waals surface area contributed by atoms with Gasteiger partial charge in [0.1, 0.15) is 11.1 Å². The number of phenolic OH excluding ortho intramolecular Hbond substituents is 1. The lowest BCUT2D eigenvalue weighted by atomic mass is 10.1. The summed E-state index contributed by atoms with van der Waals surface area (Å²) >= 11 is 1.51. The van der Waals surface area contributed by atoms with E-state index >= 15 is 0 Å². The second-order valence-electron chi connectivity index (χ2n) is 4.37. The fourth-order valence-electron chi connectivity index (χ4n) is 1.98. The van der Waals surface area contributed by atoms with Gasteiger partial charge in [-0.1, -0.05) is 12.1 Å². The van der Waals surface area contributed by atoms with Crippen LogP contribution < -0.4 is 0 Å². The van der Waals surface area contributed by atoms with Gasteiger partial charge in [-0.25, -0.2) is 8.42 Å². The molecule has 0 aromatic heterocycles. The lowest BCUT2D eigenvalue weighted by Crippen LogP contribution is -2.49. The summed E-state index contributed by atoms with van der Waals surface area (Å²) in [5.74, 6) is 0.510. The lowest BCUT2D eigenvalue weighted by Gasteiger charge is -2.34. The largest absolute Gasteiger partial charge is 0.507 e. The van der Waals surface area contributed by atoms with E-state index in [2.05, 4.69) is 0 Å². The molecule has 0 radical (unpaired) electrons. The Morgan fingerprint density at radius 3 is 2.74 bits per heavy atom. The van der Waals surface area contributed by atoms with Crippen LogP contribution in [0.15, 0.2) is 24.3 Å². The smallest absolute Gasteiger partial charge is 0.258 e. The number of amides is 1. The first-order chi connectivity index (χ1) is 8.91. The van der Waals surface area contributed by atoms with E-state index in [0.29, 0.717) is 18.1 Å². The van der Waals surface area contributed by atoms with Crippen LogP contribution in [0.25, 0.3) is 0 Å². The fraction of sp³-hybridized carbons (Fsp3) is 0.417. The van der Waals surface area contributed by atoms with Crippen molar-refractivity contribution in [1.82, 2.24) is 4.90 Å². The normalized spacial score (nSPS) is 20.3. The van der Waals surface area contributed by atoms with Crippen LogP contribution in [-0.2, 0) is 9.84 Å². The number of benzene rings is 1. The third-order valence-electron chi connectivity index (χ3n) is 2.97. The molecule has 1 unspecified atom stereocenters. The van der Waals surface area contributed by atoms with E-state index in [1.54, 1.807) is 12.1 Å². The van der Waals surface area contributed by atoms with Crippen molar-refractivity contribution >= 4 is 27.5 Å². The van der Waals surface area contributed by atoms with E-state index in [4.69, 9.17) is 0 Å². The average Bonchev–Trinajstić information content (AvgIpc) is 2.37. The Kier molecular flexibility index (Phi) is 4.05. The monoisotopic (exact) mass is 301 g/mol. The van der Waals surface area contributed by atoms with Crippen LogP contribution in [0.1, 0.15) is 10.4 Å². The second-order valence-corrected chi connectivity index (χ2v) is 7.73. The molecule has 0 saturated carbocycles. The SMILES string of the molecule is CS(=O)(=O)C1CSCCN1C(=O)c1ccccc1O. The molecule has 1 amide bonds. The molecule has 1 aromatic rings. The molecule has 1 N–H and O–H groups in total. The minimum Gasteiger partial charge on any atom is -0.507 e. The van der Waals surface area contributed by atoms with Crippen molar-refractivity contribution in [2.45, 2.75) is 5.37 Å². The van der Waals surface area contributed by atoms with Gasteiger partial charge in [-0.05, 0) is 12.1 Å². The number of rotatable bonds is 2. The quantitative estimate of drug-likeness (QED) is 0.880. The zero-order chi connectivity index (χ0) is 14.0. The van der Waals surface area contributed by atoms with E-state index in [9.17, 15) is 18.3 Å². The molecule has 1 saturated heterocycles. The van der Waals surface area contributed by atoms with Crippen molar-refractivity contribution < 1.29 is 18.3 Å². The van der Waals surface area contributed by atoms with Crippen molar-refractivity contribution in [3.8, 4) is 5.75 Å². The van der Waals surface area contributed by atoms with Gasteiger partial charge in [-0.3, -0.25) is 4.79 Å². The molecular weight excluding hydrogens is 286 g/mol. The number of phenols is 1. The molecule has 1 heterocycles. The lowest BCUT2D eigenvalue weighted by molar-refractivity contribution is 0.0746. The summed E-state index contributed by atoms with van der Waals surface area (Å²) in [5, 5.41) is 8.88. The van der Waals surface area contributed by atoms with Gasteiger partial charge in [-0.2, -0.15) is 11.8 Å². The summed E-state index contributed by atoms with van der Waals surface area (Å²) in [4.78, 5) is 13.7. The number of nitrogens with zero attached hydrogens (tertiary/aromatic N) is 1. The Hall–Kier alpha value is -1.21. The maximum atomic E-state index is 12.4. The van der Waals surface area contributed by atoms with Crippen molar-refractivity contribution in [3.63, 3.8) is 0 Å². The van der Waals surface area contributed by atoms with Gasteiger partial charge in [0.15, 0.2) is 9.84 Å². The van der Waals surface area contributed by atoms with Crippen molar-refractivity contribution in [2.24, 2.45) is 0 Å². The van der Waals surface area contributed by atoms with E-state index in [0.717, 1.165) is 6.26 Å². The van der Waals surface area contributed by atoms with Gasteiger partial charge in [0.25, 0.3) is 5.91 Å². The predicted octanol–water partition coefficient (Wildman–Crippen LogP) is 0.952. The molecular formula is C12H15NO4S2. The van der Waals surface area contributed by atoms with Crippen LogP contribution in [-0.4, -0.2) is 54.0 Å². The average molecular weight is 301 g/mol. The van der Waals surface area contributed by atoms with E-state index < -0.39 is 21.1 Å². The molecule has 1 aliphatic heterocycles. The van der Waals surface area contributed by atoms with E-state index in [1.807, 2.05) is 0 Å². The third kappa shape index (κ3) is 3.03. The Morgan fingerprint density at radius 1 is 1.42 bits per heavy atom. The van der Waals surface area contributed by atoms with Gasteiger partial charge >= 0.3 is 0 Å². The standard InChI is InChI=1S/C12H15NO4S2/c1-19(16,17)11-8-18-7-6-13(11)12(15)9-4-2-3-5-10(9)14/h2-5,11,14H,6-8H2,1H3. The van der Waals surface area contributed by atoms with Crippen LogP contribution in [0.2, 0.25) is 0 Å². The van der Waals surface area contributed by atoms with Gasteiger partial charge in [0.2, 0.25) is 0 Å². The Balaban J connectivity index is 2.34. The van der Waals surface area contributed by atoms with Crippen LogP contribution in [0.3, 0.4) is 0 Å². The minimum atomic E-state index is -3.34. The summed E-state index contributed by atoms with van der Waals surface area (Å²) in [5.41, 5.74) is 0.142. The van der Waals surface area contributed by atoms with Crippen molar-refractivity contribution in [2.75, 3.05) is 24.3 Å². The van der Waals surface area contributed by atoms with E-state index in [1.165, 1.54) is 28.8 Å². The molecule has 19 heavy (non-hydrogen) atoms. The zero-order valence-corrected chi connectivity index (χ0v) is 12.1. The zero-order valence-electron chi connectivity index (χ0n) is 10.4. The highest BCUT2D eigenvalue weighted by Gasteiger charge is 2.35. The highest BCUT2D eigenvalue weighted by Crippen LogP contribution is 2.25.